The van der Waals surface area contributed by atoms with Gasteiger partial charge in [-0.05, 0) is 43.7 Å². The lowest BCUT2D eigenvalue weighted by molar-refractivity contribution is 0.350. The van der Waals surface area contributed by atoms with Crippen LogP contribution in [0.3, 0.4) is 0 Å². The molecule has 0 saturated heterocycles. The van der Waals surface area contributed by atoms with E-state index >= 15 is 0 Å². The van der Waals surface area contributed by atoms with Crippen molar-refractivity contribution >= 4 is 6.21 Å². The summed E-state index contributed by atoms with van der Waals surface area (Å²) in [7, 11) is 0. The zero-order valence-electron chi connectivity index (χ0n) is 9.76. The first-order valence-electron chi connectivity index (χ1n) is 6.07. The Morgan fingerprint density at radius 1 is 1.19 bits per heavy atom. The first kappa shape index (κ1) is 11.2. The lowest BCUT2D eigenvalue weighted by Crippen LogP contribution is -2.15. The van der Waals surface area contributed by atoms with Crippen LogP contribution in [0.4, 0.5) is 0 Å². The molecular formula is C14H19NO. The van der Waals surface area contributed by atoms with Crippen LogP contribution in [-0.4, -0.2) is 17.4 Å². The Morgan fingerprint density at radius 2 is 1.88 bits per heavy atom. The number of hydrogen-bond donors (Lipinski definition) is 1. The third-order valence-corrected chi connectivity index (χ3v) is 3.35. The molecule has 0 aliphatic heterocycles. The van der Waals surface area contributed by atoms with Gasteiger partial charge >= 0.3 is 0 Å². The van der Waals surface area contributed by atoms with Gasteiger partial charge in [-0.15, -0.1) is 0 Å². The summed E-state index contributed by atoms with van der Waals surface area (Å²) in [5, 5.41) is 9.59. The van der Waals surface area contributed by atoms with Gasteiger partial charge in [-0.25, -0.2) is 0 Å². The fourth-order valence-corrected chi connectivity index (χ4v) is 2.17. The van der Waals surface area contributed by atoms with Crippen LogP contribution in [0.25, 0.3) is 0 Å². The van der Waals surface area contributed by atoms with E-state index in [0.717, 1.165) is 11.5 Å². The van der Waals surface area contributed by atoms with Crippen molar-refractivity contribution in [3.05, 3.63) is 29.8 Å². The number of phenols is 1. The van der Waals surface area contributed by atoms with Crippen molar-refractivity contribution in [1.29, 1.82) is 0 Å². The van der Waals surface area contributed by atoms with Crippen molar-refractivity contribution in [1.82, 2.24) is 0 Å². The maximum Gasteiger partial charge on any atom is 0.124 e. The predicted octanol–water partition coefficient (Wildman–Crippen LogP) is 3.39. The molecule has 0 atom stereocenters. The fraction of sp³-hybridized carbons (Fsp3) is 0.500. The Balaban J connectivity index is 1.97. The topological polar surface area (TPSA) is 32.6 Å². The standard InChI is InChI=1S/C14H19NO/c1-11-6-8-13(9-7-11)15-10-12-4-2-3-5-14(12)16/h2-5,10-11,13,16H,6-9H2,1H3. The Bertz CT molecular complexity index is 365. The molecular weight excluding hydrogens is 198 g/mol. The summed E-state index contributed by atoms with van der Waals surface area (Å²) in [4.78, 5) is 4.56. The van der Waals surface area contributed by atoms with Crippen LogP contribution in [0.15, 0.2) is 29.3 Å². The molecule has 1 saturated carbocycles. The second kappa shape index (κ2) is 5.15. The summed E-state index contributed by atoms with van der Waals surface area (Å²) in [6.07, 6.45) is 6.75. The number of benzene rings is 1. The number of aromatic hydroxyl groups is 1. The molecule has 1 fully saturated rings. The molecule has 0 unspecified atom stereocenters. The summed E-state index contributed by atoms with van der Waals surface area (Å²) >= 11 is 0. The molecule has 1 aromatic carbocycles. The zero-order chi connectivity index (χ0) is 11.4. The lowest BCUT2D eigenvalue weighted by Gasteiger charge is -2.22. The summed E-state index contributed by atoms with van der Waals surface area (Å²) < 4.78 is 0. The summed E-state index contributed by atoms with van der Waals surface area (Å²) in [6.45, 7) is 2.31. The molecule has 0 spiro atoms. The quantitative estimate of drug-likeness (QED) is 0.757. The molecule has 0 bridgehead atoms. The van der Waals surface area contributed by atoms with Gasteiger partial charge in [0.1, 0.15) is 5.75 Å². The van der Waals surface area contributed by atoms with Crippen molar-refractivity contribution in [2.24, 2.45) is 10.9 Å². The first-order chi connectivity index (χ1) is 7.75. The maximum absolute atomic E-state index is 9.59. The van der Waals surface area contributed by atoms with Crippen LogP contribution < -0.4 is 0 Å². The van der Waals surface area contributed by atoms with Crippen molar-refractivity contribution in [2.75, 3.05) is 0 Å². The molecule has 0 amide bonds. The van der Waals surface area contributed by atoms with Crippen molar-refractivity contribution < 1.29 is 5.11 Å². The highest BCUT2D eigenvalue weighted by Crippen LogP contribution is 2.25. The molecule has 86 valence electrons. The number of phenolic OH excluding ortho intramolecular Hbond substituents is 1. The van der Waals surface area contributed by atoms with E-state index in [9.17, 15) is 5.11 Å². The average Bonchev–Trinajstić information content (AvgIpc) is 2.30. The largest absolute Gasteiger partial charge is 0.507 e. The molecule has 1 aromatic rings. The minimum absolute atomic E-state index is 0.315. The highest BCUT2D eigenvalue weighted by molar-refractivity contribution is 5.83. The van der Waals surface area contributed by atoms with Gasteiger partial charge in [0.15, 0.2) is 0 Å². The van der Waals surface area contributed by atoms with Gasteiger partial charge in [0.25, 0.3) is 0 Å². The van der Waals surface area contributed by atoms with E-state index in [1.54, 1.807) is 6.07 Å². The van der Waals surface area contributed by atoms with Gasteiger partial charge in [0.2, 0.25) is 0 Å². The fourth-order valence-electron chi connectivity index (χ4n) is 2.17. The second-order valence-electron chi connectivity index (χ2n) is 4.75. The van der Waals surface area contributed by atoms with Crippen LogP contribution in [0.2, 0.25) is 0 Å². The van der Waals surface area contributed by atoms with Crippen LogP contribution in [0.1, 0.15) is 38.2 Å². The van der Waals surface area contributed by atoms with E-state index in [1.807, 2.05) is 24.4 Å². The predicted molar refractivity (Wildman–Crippen MR) is 67.1 cm³/mol. The van der Waals surface area contributed by atoms with E-state index in [0.29, 0.717) is 11.8 Å². The normalized spacial score (nSPS) is 26.1. The molecule has 0 aromatic heterocycles. The van der Waals surface area contributed by atoms with Gasteiger partial charge in [-0.3, -0.25) is 4.99 Å². The Labute approximate surface area is 97.0 Å². The van der Waals surface area contributed by atoms with E-state index < -0.39 is 0 Å². The smallest absolute Gasteiger partial charge is 0.124 e. The van der Waals surface area contributed by atoms with Gasteiger partial charge in [-0.1, -0.05) is 19.1 Å². The molecule has 0 radical (unpaired) electrons. The number of para-hydroxylation sites is 1. The summed E-state index contributed by atoms with van der Waals surface area (Å²) in [6, 6.07) is 7.80. The molecule has 2 rings (SSSR count). The molecule has 16 heavy (non-hydrogen) atoms. The van der Waals surface area contributed by atoms with Crippen molar-refractivity contribution in [2.45, 2.75) is 38.6 Å². The molecule has 1 N–H and O–H groups in total. The van der Waals surface area contributed by atoms with Gasteiger partial charge in [0, 0.05) is 17.8 Å². The number of hydrogen-bond acceptors (Lipinski definition) is 2. The Hall–Kier alpha value is -1.31. The maximum atomic E-state index is 9.59. The second-order valence-corrected chi connectivity index (χ2v) is 4.75. The molecule has 2 heteroatoms. The van der Waals surface area contributed by atoms with Crippen molar-refractivity contribution in [3.63, 3.8) is 0 Å². The highest BCUT2D eigenvalue weighted by Gasteiger charge is 2.16. The molecule has 1 aliphatic rings. The van der Waals surface area contributed by atoms with Crippen LogP contribution in [0.5, 0.6) is 5.75 Å². The molecule has 0 heterocycles. The minimum atomic E-state index is 0.315. The number of aliphatic imine (C=N–C) groups is 1. The highest BCUT2D eigenvalue weighted by atomic mass is 16.3. The molecule has 2 nitrogen and oxygen atoms in total. The van der Waals surface area contributed by atoms with Crippen LogP contribution >= 0.6 is 0 Å². The third kappa shape index (κ3) is 2.84. The average molecular weight is 217 g/mol. The Kier molecular flexibility index (Phi) is 3.60. The molecule has 1 aliphatic carbocycles. The van der Waals surface area contributed by atoms with Gasteiger partial charge < -0.3 is 5.11 Å². The van der Waals surface area contributed by atoms with E-state index in [4.69, 9.17) is 0 Å². The van der Waals surface area contributed by atoms with Crippen molar-refractivity contribution in [3.8, 4) is 5.75 Å². The zero-order valence-corrected chi connectivity index (χ0v) is 9.76. The first-order valence-corrected chi connectivity index (χ1v) is 6.07. The van der Waals surface area contributed by atoms with E-state index in [-0.39, 0.29) is 0 Å². The van der Waals surface area contributed by atoms with Crippen LogP contribution in [-0.2, 0) is 0 Å². The van der Waals surface area contributed by atoms with Crippen LogP contribution in [0, 0.1) is 5.92 Å². The van der Waals surface area contributed by atoms with E-state index in [2.05, 4.69) is 11.9 Å². The van der Waals surface area contributed by atoms with E-state index in [1.165, 1.54) is 25.7 Å². The van der Waals surface area contributed by atoms with Gasteiger partial charge in [0.05, 0.1) is 0 Å². The number of rotatable bonds is 2. The number of nitrogens with zero attached hydrogens (tertiary/aromatic N) is 1. The third-order valence-electron chi connectivity index (χ3n) is 3.35. The Morgan fingerprint density at radius 3 is 2.56 bits per heavy atom. The lowest BCUT2D eigenvalue weighted by atomic mass is 9.88. The van der Waals surface area contributed by atoms with Gasteiger partial charge in [-0.2, -0.15) is 0 Å². The monoisotopic (exact) mass is 217 g/mol. The minimum Gasteiger partial charge on any atom is -0.507 e. The SMILES string of the molecule is CC1CCC(N=Cc2ccccc2O)CC1. The summed E-state index contributed by atoms with van der Waals surface area (Å²) in [5.74, 6) is 1.17. The summed E-state index contributed by atoms with van der Waals surface area (Å²) in [5.41, 5.74) is 0.820.